The predicted octanol–water partition coefficient (Wildman–Crippen LogP) is 2.99. The highest BCUT2D eigenvalue weighted by molar-refractivity contribution is 6.31. The molecule has 0 fully saturated rings. The van der Waals surface area contributed by atoms with Crippen molar-refractivity contribution in [1.82, 2.24) is 4.98 Å². The van der Waals surface area contributed by atoms with E-state index < -0.39 is 6.43 Å². The molecule has 0 aromatic carbocycles. The highest BCUT2D eigenvalue weighted by atomic mass is 35.5. The van der Waals surface area contributed by atoms with Crippen LogP contribution in [0.3, 0.4) is 0 Å². The zero-order valence-electron chi connectivity index (χ0n) is 7.14. The second-order valence-corrected chi connectivity index (χ2v) is 2.86. The molecule has 0 bridgehead atoms. The number of hydrogen-bond acceptors (Lipinski definition) is 2. The van der Waals surface area contributed by atoms with Crippen LogP contribution in [0.25, 0.3) is 0 Å². The molecule has 1 aromatic rings. The number of methoxy groups -OCH3 is 1. The first-order chi connectivity index (χ1) is 6.07. The average Bonchev–Trinajstić information content (AvgIpc) is 2.04. The SMILES string of the molecule is COc1ncc(Cl)c(C(F)F)c1C. The minimum atomic E-state index is -2.61. The van der Waals surface area contributed by atoms with Crippen LogP contribution < -0.4 is 4.74 Å². The van der Waals surface area contributed by atoms with Crippen LogP contribution in [-0.2, 0) is 0 Å². The van der Waals surface area contributed by atoms with Gasteiger partial charge in [0.1, 0.15) is 0 Å². The molecule has 1 heterocycles. The first-order valence-electron chi connectivity index (χ1n) is 3.55. The van der Waals surface area contributed by atoms with Crippen LogP contribution in [0.5, 0.6) is 5.88 Å². The highest BCUT2D eigenvalue weighted by Crippen LogP contribution is 2.33. The van der Waals surface area contributed by atoms with E-state index in [1.807, 2.05) is 0 Å². The van der Waals surface area contributed by atoms with Gasteiger partial charge in [-0.25, -0.2) is 13.8 Å². The van der Waals surface area contributed by atoms with Crippen LogP contribution in [0.1, 0.15) is 17.6 Å². The summed E-state index contributed by atoms with van der Waals surface area (Å²) in [5.74, 6) is 0.180. The Labute approximate surface area is 79.5 Å². The van der Waals surface area contributed by atoms with Crippen molar-refractivity contribution in [2.75, 3.05) is 7.11 Å². The van der Waals surface area contributed by atoms with E-state index in [0.29, 0.717) is 0 Å². The topological polar surface area (TPSA) is 22.1 Å². The first-order valence-corrected chi connectivity index (χ1v) is 3.92. The molecule has 1 aromatic heterocycles. The molecular formula is C8H8ClF2NO. The van der Waals surface area contributed by atoms with Gasteiger partial charge in [0.15, 0.2) is 0 Å². The summed E-state index contributed by atoms with van der Waals surface area (Å²) in [7, 11) is 1.37. The first kappa shape index (κ1) is 10.2. The number of ether oxygens (including phenoxy) is 1. The van der Waals surface area contributed by atoms with E-state index in [2.05, 4.69) is 4.98 Å². The van der Waals surface area contributed by atoms with Crippen molar-refractivity contribution in [3.05, 3.63) is 22.3 Å². The average molecular weight is 208 g/mol. The molecule has 1 rings (SSSR count). The zero-order valence-corrected chi connectivity index (χ0v) is 7.90. The molecule has 0 aliphatic carbocycles. The van der Waals surface area contributed by atoms with Gasteiger partial charge in [-0.2, -0.15) is 0 Å². The minimum absolute atomic E-state index is 0.0340. The maximum atomic E-state index is 12.4. The molecule has 0 saturated heterocycles. The molecule has 0 saturated carbocycles. The van der Waals surface area contributed by atoms with Gasteiger partial charge in [-0.15, -0.1) is 0 Å². The monoisotopic (exact) mass is 207 g/mol. The summed E-state index contributed by atoms with van der Waals surface area (Å²) < 4.78 is 29.7. The third-order valence-corrected chi connectivity index (χ3v) is 1.99. The molecule has 0 atom stereocenters. The number of halogens is 3. The smallest absolute Gasteiger partial charge is 0.265 e. The maximum Gasteiger partial charge on any atom is 0.265 e. The summed E-state index contributed by atoms with van der Waals surface area (Å²) in [6.07, 6.45) is -1.45. The fraction of sp³-hybridized carbons (Fsp3) is 0.375. The minimum Gasteiger partial charge on any atom is -0.481 e. The Morgan fingerprint density at radius 1 is 1.54 bits per heavy atom. The molecule has 13 heavy (non-hydrogen) atoms. The number of hydrogen-bond donors (Lipinski definition) is 0. The van der Waals surface area contributed by atoms with E-state index in [9.17, 15) is 8.78 Å². The number of pyridine rings is 1. The normalized spacial score (nSPS) is 10.6. The third-order valence-electron chi connectivity index (χ3n) is 1.69. The molecule has 72 valence electrons. The lowest BCUT2D eigenvalue weighted by molar-refractivity contribution is 0.150. The summed E-state index contributed by atoms with van der Waals surface area (Å²) in [4.78, 5) is 3.75. The Balaban J connectivity index is 3.30. The maximum absolute atomic E-state index is 12.4. The van der Waals surface area contributed by atoms with E-state index in [0.717, 1.165) is 6.20 Å². The van der Waals surface area contributed by atoms with Gasteiger partial charge in [0.25, 0.3) is 6.43 Å². The molecule has 0 radical (unpaired) electrons. The Morgan fingerprint density at radius 3 is 2.62 bits per heavy atom. The van der Waals surface area contributed by atoms with Crippen LogP contribution in [0, 0.1) is 6.92 Å². The summed E-state index contributed by atoms with van der Waals surface area (Å²) >= 11 is 5.56. The molecule has 5 heteroatoms. The van der Waals surface area contributed by atoms with Crippen LogP contribution in [0.4, 0.5) is 8.78 Å². The molecule has 0 unspecified atom stereocenters. The second kappa shape index (κ2) is 3.87. The van der Waals surface area contributed by atoms with Crippen molar-refractivity contribution in [2.24, 2.45) is 0 Å². The molecule has 0 amide bonds. The molecule has 0 N–H and O–H groups in total. The van der Waals surface area contributed by atoms with Gasteiger partial charge in [-0.1, -0.05) is 11.6 Å². The lowest BCUT2D eigenvalue weighted by Crippen LogP contribution is -1.98. The van der Waals surface area contributed by atoms with Crippen LogP contribution in [0.2, 0.25) is 5.02 Å². The molecule has 0 aliphatic heterocycles. The lowest BCUT2D eigenvalue weighted by Gasteiger charge is -2.09. The number of nitrogens with zero attached hydrogens (tertiary/aromatic N) is 1. The van der Waals surface area contributed by atoms with Crippen molar-refractivity contribution in [2.45, 2.75) is 13.3 Å². The van der Waals surface area contributed by atoms with E-state index in [4.69, 9.17) is 16.3 Å². The van der Waals surface area contributed by atoms with Crippen molar-refractivity contribution in [1.29, 1.82) is 0 Å². The summed E-state index contributed by atoms with van der Waals surface area (Å²) in [5, 5.41) is -0.0340. The standard InChI is InChI=1S/C8H8ClF2NO/c1-4-6(7(10)11)5(9)3-12-8(4)13-2/h3,7H,1-2H3. The Hall–Kier alpha value is -0.900. The van der Waals surface area contributed by atoms with Crippen LogP contribution in [0.15, 0.2) is 6.20 Å². The van der Waals surface area contributed by atoms with E-state index in [1.165, 1.54) is 14.0 Å². The quantitative estimate of drug-likeness (QED) is 0.744. The van der Waals surface area contributed by atoms with Gasteiger partial charge >= 0.3 is 0 Å². The van der Waals surface area contributed by atoms with Crippen molar-refractivity contribution >= 4 is 11.6 Å². The summed E-state index contributed by atoms with van der Waals surface area (Å²) in [6, 6.07) is 0. The van der Waals surface area contributed by atoms with Gasteiger partial charge in [-0.3, -0.25) is 0 Å². The largest absolute Gasteiger partial charge is 0.481 e. The lowest BCUT2D eigenvalue weighted by atomic mass is 10.1. The van der Waals surface area contributed by atoms with E-state index >= 15 is 0 Å². The molecule has 2 nitrogen and oxygen atoms in total. The zero-order chi connectivity index (χ0) is 10.0. The number of alkyl halides is 2. The van der Waals surface area contributed by atoms with E-state index in [1.54, 1.807) is 0 Å². The van der Waals surface area contributed by atoms with Gasteiger partial charge in [-0.05, 0) is 6.92 Å². The molecular weight excluding hydrogens is 200 g/mol. The fourth-order valence-electron chi connectivity index (χ4n) is 1.05. The number of rotatable bonds is 2. The van der Waals surface area contributed by atoms with Crippen molar-refractivity contribution < 1.29 is 13.5 Å². The van der Waals surface area contributed by atoms with E-state index in [-0.39, 0.29) is 22.0 Å². The summed E-state index contributed by atoms with van der Waals surface area (Å²) in [5.41, 5.74) is 0.0681. The van der Waals surface area contributed by atoms with Crippen LogP contribution in [-0.4, -0.2) is 12.1 Å². The van der Waals surface area contributed by atoms with Crippen LogP contribution >= 0.6 is 11.6 Å². The Kier molecular flexibility index (Phi) is 3.03. The highest BCUT2D eigenvalue weighted by Gasteiger charge is 2.18. The second-order valence-electron chi connectivity index (χ2n) is 2.45. The van der Waals surface area contributed by atoms with Gasteiger partial charge in [0.2, 0.25) is 5.88 Å². The molecule has 0 aliphatic rings. The number of aromatic nitrogens is 1. The predicted molar refractivity (Wildman–Crippen MR) is 45.5 cm³/mol. The Bertz CT molecular complexity index is 317. The van der Waals surface area contributed by atoms with Gasteiger partial charge < -0.3 is 4.74 Å². The van der Waals surface area contributed by atoms with Crippen molar-refractivity contribution in [3.63, 3.8) is 0 Å². The summed E-state index contributed by atoms with van der Waals surface area (Å²) in [6.45, 7) is 1.50. The van der Waals surface area contributed by atoms with Gasteiger partial charge in [0.05, 0.1) is 18.3 Å². The van der Waals surface area contributed by atoms with Gasteiger partial charge in [0, 0.05) is 11.1 Å². The Morgan fingerprint density at radius 2 is 2.15 bits per heavy atom. The third kappa shape index (κ3) is 1.88. The fourth-order valence-corrected chi connectivity index (χ4v) is 1.32. The van der Waals surface area contributed by atoms with Crippen molar-refractivity contribution in [3.8, 4) is 5.88 Å². The molecule has 0 spiro atoms.